The van der Waals surface area contributed by atoms with E-state index in [1.54, 1.807) is 25.4 Å². The van der Waals surface area contributed by atoms with Crippen LogP contribution in [0.2, 0.25) is 0 Å². The molecule has 1 aromatic heterocycles. The maximum Gasteiger partial charge on any atom is 0.220 e. The van der Waals surface area contributed by atoms with Gasteiger partial charge in [0.25, 0.3) is 0 Å². The van der Waals surface area contributed by atoms with Gasteiger partial charge in [-0.05, 0) is 36.2 Å². The van der Waals surface area contributed by atoms with Crippen molar-refractivity contribution in [1.82, 2.24) is 10.3 Å². The van der Waals surface area contributed by atoms with Crippen molar-refractivity contribution < 1.29 is 14.3 Å². The Bertz CT molecular complexity index is 656. The standard InChI is InChI=1S/C18H20N2O3/c1-23-16-6-2-4-14(12-16)9-11-20-18(22)8-7-17(21)15-5-3-10-19-13-15/h2-6,10,12-13H,7-9,11H2,1H3,(H,20,22). The quantitative estimate of drug-likeness (QED) is 0.760. The van der Waals surface area contributed by atoms with Gasteiger partial charge >= 0.3 is 0 Å². The predicted molar refractivity (Wildman–Crippen MR) is 87.5 cm³/mol. The first-order valence-corrected chi connectivity index (χ1v) is 7.52. The second kappa shape index (κ2) is 8.68. The molecule has 0 aliphatic rings. The summed E-state index contributed by atoms with van der Waals surface area (Å²) in [5, 5.41) is 2.83. The smallest absolute Gasteiger partial charge is 0.220 e. The first-order chi connectivity index (χ1) is 11.2. The van der Waals surface area contributed by atoms with E-state index in [2.05, 4.69) is 10.3 Å². The molecule has 0 unspecified atom stereocenters. The van der Waals surface area contributed by atoms with Crippen LogP contribution in [0.5, 0.6) is 5.75 Å². The van der Waals surface area contributed by atoms with Gasteiger partial charge in [-0.1, -0.05) is 12.1 Å². The molecule has 0 spiro atoms. The molecule has 120 valence electrons. The van der Waals surface area contributed by atoms with E-state index in [0.29, 0.717) is 12.1 Å². The van der Waals surface area contributed by atoms with Gasteiger partial charge in [0.15, 0.2) is 5.78 Å². The third-order valence-corrected chi connectivity index (χ3v) is 3.43. The van der Waals surface area contributed by atoms with Crippen LogP contribution in [0.1, 0.15) is 28.8 Å². The number of hydrogen-bond donors (Lipinski definition) is 1. The molecule has 23 heavy (non-hydrogen) atoms. The van der Waals surface area contributed by atoms with Crippen molar-refractivity contribution in [3.8, 4) is 5.75 Å². The zero-order chi connectivity index (χ0) is 16.5. The Morgan fingerprint density at radius 2 is 2.04 bits per heavy atom. The highest BCUT2D eigenvalue weighted by Crippen LogP contribution is 2.12. The Morgan fingerprint density at radius 3 is 2.78 bits per heavy atom. The summed E-state index contributed by atoms with van der Waals surface area (Å²) in [7, 11) is 1.63. The summed E-state index contributed by atoms with van der Waals surface area (Å²) in [4.78, 5) is 27.6. The van der Waals surface area contributed by atoms with Crippen LogP contribution in [0.15, 0.2) is 48.8 Å². The molecule has 0 saturated heterocycles. The molecule has 0 aliphatic heterocycles. The number of methoxy groups -OCH3 is 1. The second-order valence-corrected chi connectivity index (χ2v) is 5.12. The van der Waals surface area contributed by atoms with Gasteiger partial charge in [-0.15, -0.1) is 0 Å². The maximum atomic E-state index is 11.9. The van der Waals surface area contributed by atoms with Gasteiger partial charge in [0, 0.05) is 37.3 Å². The van der Waals surface area contributed by atoms with Gasteiger partial charge in [-0.2, -0.15) is 0 Å². The average Bonchev–Trinajstić information content (AvgIpc) is 2.60. The molecule has 0 radical (unpaired) electrons. The van der Waals surface area contributed by atoms with Crippen LogP contribution < -0.4 is 10.1 Å². The maximum absolute atomic E-state index is 11.9. The van der Waals surface area contributed by atoms with Gasteiger partial charge in [-0.25, -0.2) is 0 Å². The summed E-state index contributed by atoms with van der Waals surface area (Å²) in [6.07, 6.45) is 4.23. The average molecular weight is 312 g/mol. The summed E-state index contributed by atoms with van der Waals surface area (Å²) in [6, 6.07) is 11.1. The highest BCUT2D eigenvalue weighted by molar-refractivity contribution is 5.97. The lowest BCUT2D eigenvalue weighted by molar-refractivity contribution is -0.121. The molecular weight excluding hydrogens is 292 g/mol. The van der Waals surface area contributed by atoms with Crippen LogP contribution in [0, 0.1) is 0 Å². The van der Waals surface area contributed by atoms with Crippen molar-refractivity contribution in [2.24, 2.45) is 0 Å². The van der Waals surface area contributed by atoms with Crippen LogP contribution in [-0.4, -0.2) is 30.3 Å². The van der Waals surface area contributed by atoms with E-state index in [-0.39, 0.29) is 24.5 Å². The Labute approximate surface area is 135 Å². The molecule has 0 atom stereocenters. The highest BCUT2D eigenvalue weighted by atomic mass is 16.5. The van der Waals surface area contributed by atoms with Crippen LogP contribution in [-0.2, 0) is 11.2 Å². The number of aromatic nitrogens is 1. The minimum atomic E-state index is -0.120. The lowest BCUT2D eigenvalue weighted by atomic mass is 10.1. The Kier molecular flexibility index (Phi) is 6.29. The summed E-state index contributed by atoms with van der Waals surface area (Å²) >= 11 is 0. The number of Topliss-reactive ketones (excluding diaryl/α,β-unsaturated/α-hetero) is 1. The third kappa shape index (κ3) is 5.54. The van der Waals surface area contributed by atoms with Crippen LogP contribution in [0.25, 0.3) is 0 Å². The topological polar surface area (TPSA) is 68.3 Å². The van der Waals surface area contributed by atoms with Gasteiger partial charge in [0.1, 0.15) is 5.75 Å². The molecular formula is C18H20N2O3. The van der Waals surface area contributed by atoms with Crippen LogP contribution in [0.3, 0.4) is 0 Å². The minimum Gasteiger partial charge on any atom is -0.497 e. The van der Waals surface area contributed by atoms with Crippen molar-refractivity contribution in [2.75, 3.05) is 13.7 Å². The second-order valence-electron chi connectivity index (χ2n) is 5.12. The largest absolute Gasteiger partial charge is 0.497 e. The Morgan fingerprint density at radius 1 is 1.17 bits per heavy atom. The first-order valence-electron chi connectivity index (χ1n) is 7.52. The van der Waals surface area contributed by atoms with Gasteiger partial charge in [-0.3, -0.25) is 14.6 Å². The van der Waals surface area contributed by atoms with E-state index >= 15 is 0 Å². The minimum absolute atomic E-state index is 0.0685. The fourth-order valence-electron chi connectivity index (χ4n) is 2.16. The van der Waals surface area contributed by atoms with E-state index in [9.17, 15) is 9.59 Å². The molecule has 0 bridgehead atoms. The van der Waals surface area contributed by atoms with Crippen molar-refractivity contribution in [3.05, 3.63) is 59.9 Å². The van der Waals surface area contributed by atoms with E-state index < -0.39 is 0 Å². The van der Waals surface area contributed by atoms with Gasteiger partial charge in [0.05, 0.1) is 7.11 Å². The van der Waals surface area contributed by atoms with Gasteiger partial charge in [0.2, 0.25) is 5.91 Å². The summed E-state index contributed by atoms with van der Waals surface area (Å²) < 4.78 is 5.16. The molecule has 2 rings (SSSR count). The fraction of sp³-hybridized carbons (Fsp3) is 0.278. The number of nitrogens with one attached hydrogen (secondary N) is 1. The molecule has 5 nitrogen and oxygen atoms in total. The molecule has 1 N–H and O–H groups in total. The van der Waals surface area contributed by atoms with E-state index in [0.717, 1.165) is 17.7 Å². The Balaban J connectivity index is 1.70. The molecule has 0 aliphatic carbocycles. The molecule has 0 saturated carbocycles. The Hall–Kier alpha value is -2.69. The monoisotopic (exact) mass is 312 g/mol. The van der Waals surface area contributed by atoms with Crippen LogP contribution in [0.4, 0.5) is 0 Å². The summed E-state index contributed by atoms with van der Waals surface area (Å²) in [6.45, 7) is 0.535. The van der Waals surface area contributed by atoms with Crippen molar-refractivity contribution >= 4 is 11.7 Å². The number of pyridine rings is 1. The van der Waals surface area contributed by atoms with Crippen LogP contribution >= 0.6 is 0 Å². The van der Waals surface area contributed by atoms with E-state index in [1.807, 2.05) is 24.3 Å². The lowest BCUT2D eigenvalue weighted by Crippen LogP contribution is -2.26. The first kappa shape index (κ1) is 16.7. The van der Waals surface area contributed by atoms with E-state index in [4.69, 9.17) is 4.74 Å². The van der Waals surface area contributed by atoms with E-state index in [1.165, 1.54) is 6.20 Å². The lowest BCUT2D eigenvalue weighted by Gasteiger charge is -2.06. The van der Waals surface area contributed by atoms with Crippen molar-refractivity contribution in [2.45, 2.75) is 19.3 Å². The zero-order valence-electron chi connectivity index (χ0n) is 13.1. The molecule has 5 heteroatoms. The number of ketones is 1. The van der Waals surface area contributed by atoms with Crippen molar-refractivity contribution in [3.63, 3.8) is 0 Å². The number of nitrogens with zero attached hydrogens (tertiary/aromatic N) is 1. The number of hydrogen-bond acceptors (Lipinski definition) is 4. The van der Waals surface area contributed by atoms with Gasteiger partial charge < -0.3 is 10.1 Å². The molecule has 0 fully saturated rings. The zero-order valence-corrected chi connectivity index (χ0v) is 13.1. The SMILES string of the molecule is COc1cccc(CCNC(=O)CCC(=O)c2cccnc2)c1. The van der Waals surface area contributed by atoms with Crippen molar-refractivity contribution in [1.29, 1.82) is 0 Å². The highest BCUT2D eigenvalue weighted by Gasteiger charge is 2.09. The molecule has 1 heterocycles. The number of carbonyl (C=O) groups is 2. The normalized spacial score (nSPS) is 10.1. The number of carbonyl (C=O) groups excluding carboxylic acids is 2. The summed E-state index contributed by atoms with van der Waals surface area (Å²) in [5.74, 6) is 0.613. The fourth-order valence-corrected chi connectivity index (χ4v) is 2.16. The number of ether oxygens (including phenoxy) is 1. The number of rotatable bonds is 8. The third-order valence-electron chi connectivity index (χ3n) is 3.43. The molecule has 1 aromatic carbocycles. The number of amides is 1. The molecule has 2 aromatic rings. The molecule has 1 amide bonds. The predicted octanol–water partition coefficient (Wildman–Crippen LogP) is 2.41. The summed E-state index contributed by atoms with van der Waals surface area (Å²) in [5.41, 5.74) is 1.63. The number of benzene rings is 1.